The van der Waals surface area contributed by atoms with Gasteiger partial charge in [0.2, 0.25) is 5.82 Å². The molecule has 0 aliphatic heterocycles. The number of rotatable bonds is 2. The van der Waals surface area contributed by atoms with Gasteiger partial charge in [-0.05, 0) is 11.6 Å². The summed E-state index contributed by atoms with van der Waals surface area (Å²) in [6, 6.07) is 7.36. The van der Waals surface area contributed by atoms with Crippen molar-refractivity contribution in [2.75, 3.05) is 0 Å². The van der Waals surface area contributed by atoms with Crippen molar-refractivity contribution in [1.29, 1.82) is 0 Å². The molecule has 2 heterocycles. The first-order chi connectivity index (χ1) is 12.4. The Balaban J connectivity index is 1.99. The molecule has 0 N–H and O–H groups in total. The van der Waals surface area contributed by atoms with E-state index in [4.69, 9.17) is 0 Å². The maximum absolute atomic E-state index is 14.1. The maximum Gasteiger partial charge on any atom is 0.200 e. The Morgan fingerprint density at radius 3 is 2.12 bits per heavy atom. The van der Waals surface area contributed by atoms with Gasteiger partial charge >= 0.3 is 0 Å². The number of fused-ring (bicyclic) bond motifs is 3. The summed E-state index contributed by atoms with van der Waals surface area (Å²) in [7, 11) is 1.81. The second-order valence-corrected chi connectivity index (χ2v) is 5.99. The van der Waals surface area contributed by atoms with Gasteiger partial charge in [0.05, 0.1) is 11.7 Å². The number of aromatic nitrogens is 2. The van der Waals surface area contributed by atoms with E-state index in [1.807, 2.05) is 35.9 Å². The van der Waals surface area contributed by atoms with Crippen LogP contribution in [-0.2, 0) is 13.5 Å². The number of halogens is 5. The Labute approximate surface area is 144 Å². The predicted molar refractivity (Wildman–Crippen MR) is 87.3 cm³/mol. The molecule has 0 saturated carbocycles. The van der Waals surface area contributed by atoms with Gasteiger partial charge in [-0.15, -0.1) is 0 Å². The van der Waals surface area contributed by atoms with E-state index in [0.29, 0.717) is 16.5 Å². The molecule has 0 saturated heterocycles. The number of nitrogens with zero attached hydrogens (tertiary/aromatic N) is 2. The summed E-state index contributed by atoms with van der Waals surface area (Å²) < 4.78 is 70.2. The molecule has 0 atom stereocenters. The lowest BCUT2D eigenvalue weighted by Gasteiger charge is -2.09. The molecular formula is C19H11F5N2. The summed E-state index contributed by atoms with van der Waals surface area (Å²) in [6.07, 6.45) is 2.51. The van der Waals surface area contributed by atoms with Crippen LogP contribution in [-0.4, -0.2) is 9.55 Å². The molecular weight excluding hydrogens is 351 g/mol. The molecule has 132 valence electrons. The fourth-order valence-electron chi connectivity index (χ4n) is 3.29. The van der Waals surface area contributed by atoms with Crippen molar-refractivity contribution in [3.63, 3.8) is 0 Å². The zero-order valence-electron chi connectivity index (χ0n) is 13.5. The monoisotopic (exact) mass is 362 g/mol. The number of hydrogen-bond acceptors (Lipinski definition) is 1. The van der Waals surface area contributed by atoms with Crippen LogP contribution >= 0.6 is 0 Å². The molecule has 2 nitrogen and oxygen atoms in total. The summed E-state index contributed by atoms with van der Waals surface area (Å²) in [4.78, 5) is 4.06. The van der Waals surface area contributed by atoms with E-state index in [-0.39, 0.29) is 0 Å². The third-order valence-electron chi connectivity index (χ3n) is 4.57. The minimum atomic E-state index is -2.16. The molecule has 4 aromatic rings. The molecule has 26 heavy (non-hydrogen) atoms. The van der Waals surface area contributed by atoms with Crippen molar-refractivity contribution in [3.05, 3.63) is 76.9 Å². The summed E-state index contributed by atoms with van der Waals surface area (Å²) in [5.74, 6) is -9.70. The van der Waals surface area contributed by atoms with Crippen molar-refractivity contribution in [2.45, 2.75) is 6.42 Å². The van der Waals surface area contributed by atoms with Crippen LogP contribution in [0.4, 0.5) is 22.0 Å². The topological polar surface area (TPSA) is 17.8 Å². The maximum atomic E-state index is 14.1. The lowest BCUT2D eigenvalue weighted by Crippen LogP contribution is -2.08. The second-order valence-electron chi connectivity index (χ2n) is 5.99. The first kappa shape index (κ1) is 16.5. The molecule has 0 unspecified atom stereocenters. The Hall–Kier alpha value is -2.96. The Bertz CT molecular complexity index is 1150. The van der Waals surface area contributed by atoms with Crippen molar-refractivity contribution < 1.29 is 22.0 Å². The molecule has 2 aromatic heterocycles. The fourth-order valence-corrected chi connectivity index (χ4v) is 3.29. The van der Waals surface area contributed by atoms with Crippen LogP contribution in [0, 0.1) is 29.1 Å². The van der Waals surface area contributed by atoms with Crippen molar-refractivity contribution in [2.24, 2.45) is 7.05 Å². The summed E-state index contributed by atoms with van der Waals surface area (Å²) in [5.41, 5.74) is 1.08. The average Bonchev–Trinajstić information content (AvgIpc) is 2.96. The van der Waals surface area contributed by atoms with Gasteiger partial charge in [0.25, 0.3) is 0 Å². The van der Waals surface area contributed by atoms with Crippen LogP contribution in [0.25, 0.3) is 21.8 Å². The van der Waals surface area contributed by atoms with Crippen LogP contribution in [0.3, 0.4) is 0 Å². The lowest BCUT2D eigenvalue weighted by atomic mass is 10.00. The molecule has 0 radical (unpaired) electrons. The SMILES string of the molecule is Cn1c2ccccc2c2c(Cc3c(F)c(F)c(F)c(F)c3F)cncc21. The molecule has 0 amide bonds. The van der Waals surface area contributed by atoms with E-state index >= 15 is 0 Å². The highest BCUT2D eigenvalue weighted by molar-refractivity contribution is 6.09. The fraction of sp³-hybridized carbons (Fsp3) is 0.105. The smallest absolute Gasteiger partial charge is 0.200 e. The molecule has 2 aromatic carbocycles. The van der Waals surface area contributed by atoms with Gasteiger partial charge in [0.15, 0.2) is 23.3 Å². The van der Waals surface area contributed by atoms with Crippen molar-refractivity contribution in [3.8, 4) is 0 Å². The molecule has 0 aliphatic rings. The quantitative estimate of drug-likeness (QED) is 0.278. The van der Waals surface area contributed by atoms with Crippen LogP contribution < -0.4 is 0 Å². The third-order valence-corrected chi connectivity index (χ3v) is 4.57. The number of aryl methyl sites for hydroxylation is 1. The molecule has 0 aliphatic carbocycles. The summed E-state index contributed by atoms with van der Waals surface area (Å²) in [5, 5.41) is 1.48. The highest BCUT2D eigenvalue weighted by atomic mass is 19.2. The average molecular weight is 362 g/mol. The Morgan fingerprint density at radius 2 is 1.42 bits per heavy atom. The molecule has 0 fully saturated rings. The first-order valence-electron chi connectivity index (χ1n) is 7.72. The van der Waals surface area contributed by atoms with Crippen molar-refractivity contribution >= 4 is 21.8 Å². The lowest BCUT2D eigenvalue weighted by molar-refractivity contribution is 0.371. The Morgan fingerprint density at radius 1 is 0.808 bits per heavy atom. The molecule has 4 rings (SSSR count). The van der Waals surface area contributed by atoms with Gasteiger partial charge in [-0.2, -0.15) is 0 Å². The Kier molecular flexibility index (Phi) is 3.68. The van der Waals surface area contributed by atoms with E-state index in [9.17, 15) is 22.0 Å². The van der Waals surface area contributed by atoms with E-state index in [1.54, 1.807) is 6.20 Å². The van der Waals surface area contributed by atoms with Crippen LogP contribution in [0.1, 0.15) is 11.1 Å². The minimum absolute atomic E-state index is 0.377. The largest absolute Gasteiger partial charge is 0.342 e. The molecule has 0 spiro atoms. The zero-order valence-corrected chi connectivity index (χ0v) is 13.5. The normalized spacial score (nSPS) is 11.6. The second kappa shape index (κ2) is 5.79. The van der Waals surface area contributed by atoms with Crippen LogP contribution in [0.2, 0.25) is 0 Å². The predicted octanol–water partition coefficient (Wildman–Crippen LogP) is 5.01. The van der Waals surface area contributed by atoms with Gasteiger partial charge in [-0.3, -0.25) is 4.98 Å². The van der Waals surface area contributed by atoms with Crippen LogP contribution in [0.15, 0.2) is 36.7 Å². The van der Waals surface area contributed by atoms with E-state index in [1.165, 1.54) is 6.20 Å². The minimum Gasteiger partial charge on any atom is -0.342 e. The van der Waals surface area contributed by atoms with Gasteiger partial charge < -0.3 is 4.57 Å². The van der Waals surface area contributed by atoms with Gasteiger partial charge in [0.1, 0.15) is 0 Å². The summed E-state index contributed by atoms with van der Waals surface area (Å²) in [6.45, 7) is 0. The van der Waals surface area contributed by atoms with E-state index in [0.717, 1.165) is 10.9 Å². The first-order valence-corrected chi connectivity index (χ1v) is 7.72. The van der Waals surface area contributed by atoms with Gasteiger partial charge in [0, 0.05) is 41.5 Å². The van der Waals surface area contributed by atoms with E-state index in [2.05, 4.69) is 4.98 Å². The van der Waals surface area contributed by atoms with Gasteiger partial charge in [-0.1, -0.05) is 18.2 Å². The number of benzene rings is 2. The third kappa shape index (κ3) is 2.20. The highest BCUT2D eigenvalue weighted by Crippen LogP contribution is 2.32. The standard InChI is InChI=1S/C19H11F5N2/c1-26-12-5-3-2-4-10(12)14-9(7-25-8-13(14)26)6-11-15(20)17(22)19(24)18(23)16(11)21/h2-5,7-8H,6H2,1H3. The van der Waals surface area contributed by atoms with E-state index < -0.39 is 41.1 Å². The van der Waals surface area contributed by atoms with Crippen LogP contribution in [0.5, 0.6) is 0 Å². The molecule has 0 bridgehead atoms. The molecule has 7 heteroatoms. The van der Waals surface area contributed by atoms with Crippen molar-refractivity contribution in [1.82, 2.24) is 9.55 Å². The number of para-hydroxylation sites is 1. The highest BCUT2D eigenvalue weighted by Gasteiger charge is 2.26. The van der Waals surface area contributed by atoms with Gasteiger partial charge in [-0.25, -0.2) is 22.0 Å². The number of pyridine rings is 1. The summed E-state index contributed by atoms with van der Waals surface area (Å²) >= 11 is 0. The number of hydrogen-bond donors (Lipinski definition) is 0. The zero-order chi connectivity index (χ0) is 18.6.